The molecule has 0 unspecified atom stereocenters. The van der Waals surface area contributed by atoms with Gasteiger partial charge in [-0.2, -0.15) is 10.2 Å². The SMILES string of the molecule is Cn1cc(S(=O)(=O)Nc2[nH]ncc2C(N)=S)cn1. The van der Waals surface area contributed by atoms with Crippen LogP contribution >= 0.6 is 12.2 Å². The number of H-pyrrole nitrogens is 1. The van der Waals surface area contributed by atoms with Crippen LogP contribution in [-0.2, 0) is 17.1 Å². The molecule has 0 aliphatic heterocycles. The number of nitrogens with one attached hydrogen (secondary N) is 2. The van der Waals surface area contributed by atoms with Gasteiger partial charge < -0.3 is 5.73 Å². The number of nitrogens with two attached hydrogens (primary N) is 1. The van der Waals surface area contributed by atoms with E-state index in [1.165, 1.54) is 23.3 Å². The molecule has 2 aromatic heterocycles. The highest BCUT2D eigenvalue weighted by atomic mass is 32.2. The molecule has 10 heteroatoms. The molecule has 0 aliphatic carbocycles. The van der Waals surface area contributed by atoms with Crippen LogP contribution in [0.5, 0.6) is 0 Å². The van der Waals surface area contributed by atoms with Gasteiger partial charge in [0.25, 0.3) is 10.0 Å². The number of anilines is 1. The standard InChI is InChI=1S/C8H10N6O2S2/c1-14-4-5(2-11-14)18(15,16)13-8-6(7(9)17)3-10-12-8/h2-4H,1H3,(H2,9,17)(H2,10,12,13). The number of aromatic amines is 1. The van der Waals surface area contributed by atoms with Crippen molar-refractivity contribution in [2.45, 2.75) is 4.90 Å². The first-order chi connectivity index (χ1) is 8.40. The first-order valence-electron chi connectivity index (χ1n) is 4.75. The van der Waals surface area contributed by atoms with Gasteiger partial charge in [-0.1, -0.05) is 12.2 Å². The molecule has 0 fully saturated rings. The summed E-state index contributed by atoms with van der Waals surface area (Å²) in [6, 6.07) is 0. The highest BCUT2D eigenvalue weighted by molar-refractivity contribution is 7.92. The molecule has 0 saturated carbocycles. The quantitative estimate of drug-likeness (QED) is 0.657. The Labute approximate surface area is 108 Å². The van der Waals surface area contributed by atoms with Gasteiger partial charge >= 0.3 is 0 Å². The van der Waals surface area contributed by atoms with Gasteiger partial charge in [-0.05, 0) is 0 Å². The van der Waals surface area contributed by atoms with Crippen molar-refractivity contribution in [2.75, 3.05) is 4.72 Å². The first-order valence-corrected chi connectivity index (χ1v) is 6.64. The third-order valence-corrected chi connectivity index (χ3v) is 3.66. The van der Waals surface area contributed by atoms with Crippen LogP contribution in [0.15, 0.2) is 23.5 Å². The fraction of sp³-hybridized carbons (Fsp3) is 0.125. The van der Waals surface area contributed by atoms with E-state index >= 15 is 0 Å². The van der Waals surface area contributed by atoms with Crippen LogP contribution in [0.25, 0.3) is 0 Å². The van der Waals surface area contributed by atoms with Crippen molar-refractivity contribution in [1.82, 2.24) is 20.0 Å². The highest BCUT2D eigenvalue weighted by Gasteiger charge is 2.19. The molecule has 2 heterocycles. The maximum absolute atomic E-state index is 12.0. The maximum Gasteiger partial charge on any atom is 0.266 e. The van der Waals surface area contributed by atoms with Crippen molar-refractivity contribution in [2.24, 2.45) is 12.8 Å². The lowest BCUT2D eigenvalue weighted by molar-refractivity contribution is 0.601. The average molecular weight is 286 g/mol. The van der Waals surface area contributed by atoms with E-state index in [9.17, 15) is 8.42 Å². The Morgan fingerprint density at radius 1 is 1.56 bits per heavy atom. The van der Waals surface area contributed by atoms with Gasteiger partial charge in [-0.3, -0.25) is 14.5 Å². The van der Waals surface area contributed by atoms with Gasteiger partial charge in [0.15, 0.2) is 0 Å². The van der Waals surface area contributed by atoms with Gasteiger partial charge in [0.1, 0.15) is 15.7 Å². The summed E-state index contributed by atoms with van der Waals surface area (Å²) in [5.41, 5.74) is 5.77. The number of hydrogen-bond donors (Lipinski definition) is 3. The van der Waals surface area contributed by atoms with Crippen LogP contribution < -0.4 is 10.5 Å². The molecule has 0 spiro atoms. The summed E-state index contributed by atoms with van der Waals surface area (Å²) >= 11 is 4.78. The zero-order valence-electron chi connectivity index (χ0n) is 9.28. The monoisotopic (exact) mass is 286 g/mol. The Bertz CT molecular complexity index is 686. The number of thiocarbonyl (C=S) groups is 1. The van der Waals surface area contributed by atoms with Gasteiger partial charge in [0.2, 0.25) is 0 Å². The summed E-state index contributed by atoms with van der Waals surface area (Å²) in [5, 5.41) is 9.96. The molecule has 2 aromatic rings. The number of sulfonamides is 1. The summed E-state index contributed by atoms with van der Waals surface area (Å²) in [6.45, 7) is 0. The molecule has 8 nitrogen and oxygen atoms in total. The van der Waals surface area contributed by atoms with Crippen LogP contribution in [-0.4, -0.2) is 33.4 Å². The summed E-state index contributed by atoms with van der Waals surface area (Å²) in [7, 11) is -2.12. The van der Waals surface area contributed by atoms with E-state index in [0.29, 0.717) is 5.56 Å². The summed E-state index contributed by atoms with van der Waals surface area (Å²) in [5.74, 6) is 0.131. The van der Waals surface area contributed by atoms with Crippen molar-refractivity contribution in [1.29, 1.82) is 0 Å². The summed E-state index contributed by atoms with van der Waals surface area (Å²) in [6.07, 6.45) is 3.96. The Morgan fingerprint density at radius 3 is 2.83 bits per heavy atom. The lowest BCUT2D eigenvalue weighted by Gasteiger charge is -2.05. The van der Waals surface area contributed by atoms with Gasteiger partial charge in [0.05, 0.1) is 18.0 Å². The molecule has 0 bridgehead atoms. The van der Waals surface area contributed by atoms with Gasteiger partial charge in [-0.25, -0.2) is 8.42 Å². The Morgan fingerprint density at radius 2 is 2.28 bits per heavy atom. The molecule has 0 saturated heterocycles. The first kappa shape index (κ1) is 12.5. The number of hydrogen-bond acceptors (Lipinski definition) is 5. The fourth-order valence-corrected chi connectivity index (χ4v) is 2.46. The van der Waals surface area contributed by atoms with Gasteiger partial charge in [0, 0.05) is 13.2 Å². The van der Waals surface area contributed by atoms with E-state index in [0.717, 1.165) is 0 Å². The molecule has 18 heavy (non-hydrogen) atoms. The largest absolute Gasteiger partial charge is 0.389 e. The lowest BCUT2D eigenvalue weighted by atomic mass is 10.3. The third-order valence-electron chi connectivity index (χ3n) is 2.13. The second-order valence-corrected chi connectivity index (χ2v) is 5.60. The molecule has 4 N–H and O–H groups in total. The molecular weight excluding hydrogens is 276 g/mol. The lowest BCUT2D eigenvalue weighted by Crippen LogP contribution is -2.17. The predicted molar refractivity (Wildman–Crippen MR) is 68.5 cm³/mol. The number of aryl methyl sites for hydroxylation is 1. The minimum absolute atomic E-state index is 0.0356. The average Bonchev–Trinajstić information content (AvgIpc) is 2.86. The van der Waals surface area contributed by atoms with Crippen LogP contribution in [0.4, 0.5) is 5.82 Å². The second-order valence-electron chi connectivity index (χ2n) is 3.48. The van der Waals surface area contributed by atoms with E-state index in [-0.39, 0.29) is 15.7 Å². The van der Waals surface area contributed by atoms with E-state index in [4.69, 9.17) is 18.0 Å². The van der Waals surface area contributed by atoms with Crippen LogP contribution in [0.2, 0.25) is 0 Å². The molecule has 0 amide bonds. The van der Waals surface area contributed by atoms with Crippen molar-refractivity contribution < 1.29 is 8.42 Å². The second kappa shape index (κ2) is 4.38. The van der Waals surface area contributed by atoms with Crippen molar-refractivity contribution >= 4 is 33.0 Å². The van der Waals surface area contributed by atoms with Crippen LogP contribution in [0, 0.1) is 0 Å². The Kier molecular flexibility index (Phi) is 3.05. The molecule has 0 atom stereocenters. The predicted octanol–water partition coefficient (Wildman–Crippen LogP) is -0.422. The molecule has 2 rings (SSSR count). The minimum atomic E-state index is -3.74. The van der Waals surface area contributed by atoms with Gasteiger partial charge in [-0.15, -0.1) is 0 Å². The Balaban J connectivity index is 2.34. The van der Waals surface area contributed by atoms with E-state index in [2.05, 4.69) is 20.0 Å². The van der Waals surface area contributed by atoms with Crippen LogP contribution in [0.1, 0.15) is 5.56 Å². The molecular formula is C8H10N6O2S2. The van der Waals surface area contributed by atoms with Crippen molar-refractivity contribution in [3.63, 3.8) is 0 Å². The van der Waals surface area contributed by atoms with Crippen LogP contribution in [0.3, 0.4) is 0 Å². The van der Waals surface area contributed by atoms with Crippen molar-refractivity contribution in [3.05, 3.63) is 24.2 Å². The topological polar surface area (TPSA) is 119 Å². The molecule has 96 valence electrons. The van der Waals surface area contributed by atoms with E-state index in [1.54, 1.807) is 7.05 Å². The molecule has 0 radical (unpaired) electrons. The fourth-order valence-electron chi connectivity index (χ4n) is 1.28. The Hall–Kier alpha value is -1.94. The summed E-state index contributed by atoms with van der Waals surface area (Å²) < 4.78 is 27.7. The zero-order chi connectivity index (χ0) is 13.3. The third kappa shape index (κ3) is 2.33. The maximum atomic E-state index is 12.0. The van der Waals surface area contributed by atoms with E-state index in [1.807, 2.05) is 0 Å². The molecule has 0 aromatic carbocycles. The summed E-state index contributed by atoms with van der Waals surface area (Å²) in [4.78, 5) is 0.0844. The molecule has 0 aliphatic rings. The normalized spacial score (nSPS) is 11.4. The highest BCUT2D eigenvalue weighted by Crippen LogP contribution is 2.16. The minimum Gasteiger partial charge on any atom is -0.389 e. The van der Waals surface area contributed by atoms with E-state index < -0.39 is 10.0 Å². The smallest absolute Gasteiger partial charge is 0.266 e. The van der Waals surface area contributed by atoms with Crippen molar-refractivity contribution in [3.8, 4) is 0 Å². The number of nitrogens with zero attached hydrogens (tertiary/aromatic N) is 3. The number of aromatic nitrogens is 4. The number of rotatable bonds is 4. The zero-order valence-corrected chi connectivity index (χ0v) is 10.9.